The minimum absolute atomic E-state index is 0.304. The van der Waals surface area contributed by atoms with Crippen LogP contribution in [0.1, 0.15) is 12.1 Å². The van der Waals surface area contributed by atoms with Crippen molar-refractivity contribution in [3.05, 3.63) is 18.2 Å². The van der Waals surface area contributed by atoms with Crippen LogP contribution in [0.4, 0.5) is 4.79 Å². The van der Waals surface area contributed by atoms with E-state index in [1.807, 2.05) is 0 Å². The highest BCUT2D eigenvalue weighted by Gasteiger charge is 2.23. The average Bonchev–Trinajstić information content (AvgIpc) is 2.90. The van der Waals surface area contributed by atoms with Crippen LogP contribution in [0.3, 0.4) is 0 Å². The summed E-state index contributed by atoms with van der Waals surface area (Å²) in [6.07, 6.45) is 3.24. The largest absolute Gasteiger partial charge is 0.480 e. The Labute approximate surface area is 114 Å². The quantitative estimate of drug-likeness (QED) is 0.488. The fourth-order valence-corrected chi connectivity index (χ4v) is 1.39. The maximum atomic E-state index is 11.5. The summed E-state index contributed by atoms with van der Waals surface area (Å²) in [6, 6.07) is -1.99. The SMILES string of the molecule is COC(=O)C[C@H](NC(=O)NCCc1cnc[nH]1)C(=O)O. The van der Waals surface area contributed by atoms with Crippen molar-refractivity contribution in [3.8, 4) is 0 Å². The summed E-state index contributed by atoms with van der Waals surface area (Å²) in [5.74, 6) is -2.02. The molecule has 9 heteroatoms. The Balaban J connectivity index is 2.34. The number of hydrogen-bond acceptors (Lipinski definition) is 5. The van der Waals surface area contributed by atoms with E-state index in [2.05, 4.69) is 25.3 Å². The molecule has 0 saturated carbocycles. The lowest BCUT2D eigenvalue weighted by molar-refractivity contribution is -0.147. The lowest BCUT2D eigenvalue weighted by atomic mass is 10.2. The van der Waals surface area contributed by atoms with Crippen LogP contribution in [0.25, 0.3) is 0 Å². The number of aromatic amines is 1. The first-order valence-corrected chi connectivity index (χ1v) is 5.84. The normalized spacial score (nSPS) is 11.4. The molecule has 0 saturated heterocycles. The molecule has 0 unspecified atom stereocenters. The number of carbonyl (C=O) groups is 3. The molecule has 1 aromatic heterocycles. The van der Waals surface area contributed by atoms with E-state index in [4.69, 9.17) is 5.11 Å². The van der Waals surface area contributed by atoms with Crippen LogP contribution in [0.15, 0.2) is 12.5 Å². The first-order chi connectivity index (χ1) is 9.52. The molecule has 1 rings (SSSR count). The molecule has 1 atom stereocenters. The minimum Gasteiger partial charge on any atom is -0.480 e. The molecule has 0 bridgehead atoms. The van der Waals surface area contributed by atoms with Crippen molar-refractivity contribution in [2.45, 2.75) is 18.9 Å². The number of ether oxygens (including phenoxy) is 1. The first-order valence-electron chi connectivity index (χ1n) is 5.84. The summed E-state index contributed by atoms with van der Waals surface area (Å²) in [4.78, 5) is 40.1. The highest BCUT2D eigenvalue weighted by Crippen LogP contribution is 1.95. The smallest absolute Gasteiger partial charge is 0.326 e. The molecule has 0 radical (unpaired) electrons. The predicted octanol–water partition coefficient (Wildman–Crippen LogP) is -0.732. The predicted molar refractivity (Wildman–Crippen MR) is 66.9 cm³/mol. The van der Waals surface area contributed by atoms with Crippen molar-refractivity contribution < 1.29 is 24.2 Å². The second-order valence-electron chi connectivity index (χ2n) is 3.90. The number of nitrogens with zero attached hydrogens (tertiary/aromatic N) is 1. The molecule has 2 amide bonds. The van der Waals surface area contributed by atoms with Gasteiger partial charge < -0.3 is 25.5 Å². The van der Waals surface area contributed by atoms with E-state index in [0.717, 1.165) is 12.8 Å². The zero-order valence-electron chi connectivity index (χ0n) is 10.9. The summed E-state index contributed by atoms with van der Waals surface area (Å²) < 4.78 is 4.36. The number of methoxy groups -OCH3 is 1. The summed E-state index contributed by atoms with van der Waals surface area (Å²) >= 11 is 0. The van der Waals surface area contributed by atoms with Gasteiger partial charge in [0.05, 0.1) is 19.9 Å². The number of urea groups is 1. The number of aromatic nitrogens is 2. The van der Waals surface area contributed by atoms with Gasteiger partial charge in [-0.05, 0) is 0 Å². The molecule has 0 fully saturated rings. The molecule has 20 heavy (non-hydrogen) atoms. The minimum atomic E-state index is -1.32. The molecule has 1 heterocycles. The fraction of sp³-hybridized carbons (Fsp3) is 0.455. The number of amides is 2. The van der Waals surface area contributed by atoms with E-state index in [1.54, 1.807) is 6.20 Å². The molecule has 1 aromatic rings. The van der Waals surface area contributed by atoms with E-state index >= 15 is 0 Å². The number of rotatable bonds is 7. The lowest BCUT2D eigenvalue weighted by Gasteiger charge is -2.13. The highest BCUT2D eigenvalue weighted by atomic mass is 16.5. The third-order valence-corrected chi connectivity index (χ3v) is 2.44. The van der Waals surface area contributed by atoms with Gasteiger partial charge in [0.15, 0.2) is 0 Å². The van der Waals surface area contributed by atoms with Gasteiger partial charge >= 0.3 is 18.0 Å². The number of carbonyl (C=O) groups excluding carboxylic acids is 2. The van der Waals surface area contributed by atoms with Crippen LogP contribution in [-0.4, -0.2) is 52.7 Å². The summed E-state index contributed by atoms with van der Waals surface area (Å²) in [6.45, 7) is 0.304. The number of carboxylic acids is 1. The lowest BCUT2D eigenvalue weighted by Crippen LogP contribution is -2.47. The maximum absolute atomic E-state index is 11.5. The zero-order chi connectivity index (χ0) is 15.0. The van der Waals surface area contributed by atoms with E-state index in [-0.39, 0.29) is 0 Å². The second kappa shape index (κ2) is 7.77. The van der Waals surface area contributed by atoms with E-state index in [0.29, 0.717) is 13.0 Å². The van der Waals surface area contributed by atoms with Gasteiger partial charge in [-0.2, -0.15) is 0 Å². The third-order valence-electron chi connectivity index (χ3n) is 2.44. The molecule has 4 N–H and O–H groups in total. The van der Waals surface area contributed by atoms with Gasteiger partial charge in [0.25, 0.3) is 0 Å². The molecular weight excluding hydrogens is 268 g/mol. The van der Waals surface area contributed by atoms with Crippen LogP contribution in [0.2, 0.25) is 0 Å². The van der Waals surface area contributed by atoms with E-state index in [9.17, 15) is 14.4 Å². The van der Waals surface area contributed by atoms with Gasteiger partial charge in [0, 0.05) is 24.9 Å². The van der Waals surface area contributed by atoms with Gasteiger partial charge in [-0.3, -0.25) is 4.79 Å². The van der Waals surface area contributed by atoms with E-state index in [1.165, 1.54) is 6.33 Å². The second-order valence-corrected chi connectivity index (χ2v) is 3.90. The Morgan fingerprint density at radius 3 is 2.80 bits per heavy atom. The fourth-order valence-electron chi connectivity index (χ4n) is 1.39. The van der Waals surface area contributed by atoms with Crippen LogP contribution in [0.5, 0.6) is 0 Å². The van der Waals surface area contributed by atoms with Gasteiger partial charge in [0.2, 0.25) is 0 Å². The van der Waals surface area contributed by atoms with Crippen molar-refractivity contribution in [1.29, 1.82) is 0 Å². The van der Waals surface area contributed by atoms with Gasteiger partial charge in [-0.25, -0.2) is 14.6 Å². The Kier molecular flexibility index (Phi) is 6.01. The van der Waals surface area contributed by atoms with Gasteiger partial charge in [0.1, 0.15) is 6.04 Å². The molecule has 0 aromatic carbocycles. The molecule has 110 valence electrons. The Bertz CT molecular complexity index is 459. The number of carboxylic acid groups (broad SMARTS) is 1. The van der Waals surface area contributed by atoms with Crippen LogP contribution < -0.4 is 10.6 Å². The van der Waals surface area contributed by atoms with Crippen molar-refractivity contribution in [2.24, 2.45) is 0 Å². The number of hydrogen-bond donors (Lipinski definition) is 4. The summed E-state index contributed by atoms with van der Waals surface area (Å²) in [5, 5.41) is 13.5. The molecule has 0 aliphatic carbocycles. The van der Waals surface area contributed by atoms with Gasteiger partial charge in [-0.15, -0.1) is 0 Å². The number of esters is 1. The van der Waals surface area contributed by atoms with Crippen molar-refractivity contribution in [2.75, 3.05) is 13.7 Å². The molecular formula is C11H16N4O5. The number of imidazole rings is 1. The summed E-state index contributed by atoms with van der Waals surface area (Å²) in [5.41, 5.74) is 0.842. The van der Waals surface area contributed by atoms with Crippen LogP contribution >= 0.6 is 0 Å². The maximum Gasteiger partial charge on any atom is 0.326 e. The van der Waals surface area contributed by atoms with Crippen molar-refractivity contribution >= 4 is 18.0 Å². The summed E-state index contributed by atoms with van der Waals surface area (Å²) in [7, 11) is 1.14. The van der Waals surface area contributed by atoms with Crippen molar-refractivity contribution in [1.82, 2.24) is 20.6 Å². The zero-order valence-corrected chi connectivity index (χ0v) is 10.9. The monoisotopic (exact) mass is 284 g/mol. The van der Waals surface area contributed by atoms with Crippen LogP contribution in [-0.2, 0) is 20.7 Å². The average molecular weight is 284 g/mol. The standard InChI is InChI=1S/C11H16N4O5/c1-20-9(16)4-8(10(17)18)15-11(19)13-3-2-7-5-12-6-14-7/h5-6,8H,2-4H2,1H3,(H,12,14)(H,17,18)(H2,13,15,19)/t8-/m0/s1. The molecule has 0 aliphatic rings. The first kappa shape index (κ1) is 15.5. The number of H-pyrrole nitrogens is 1. The molecule has 9 nitrogen and oxygen atoms in total. The van der Waals surface area contributed by atoms with E-state index < -0.39 is 30.4 Å². The van der Waals surface area contributed by atoms with Crippen LogP contribution in [0, 0.1) is 0 Å². The number of aliphatic carboxylic acids is 1. The van der Waals surface area contributed by atoms with Gasteiger partial charge in [-0.1, -0.05) is 0 Å². The Hall–Kier alpha value is -2.58. The van der Waals surface area contributed by atoms with Crippen molar-refractivity contribution in [3.63, 3.8) is 0 Å². The Morgan fingerprint density at radius 1 is 1.50 bits per heavy atom. The Morgan fingerprint density at radius 2 is 2.25 bits per heavy atom. The highest BCUT2D eigenvalue weighted by molar-refractivity contribution is 5.86. The molecule has 0 spiro atoms. The number of nitrogens with one attached hydrogen (secondary N) is 3. The molecule has 0 aliphatic heterocycles. The third kappa shape index (κ3) is 5.38. The topological polar surface area (TPSA) is 133 Å².